The molecule has 0 aliphatic heterocycles. The van der Waals surface area contributed by atoms with E-state index >= 15 is 0 Å². The minimum atomic E-state index is 0.806. The summed E-state index contributed by atoms with van der Waals surface area (Å²) in [4.78, 5) is 6.65. The van der Waals surface area contributed by atoms with Crippen molar-refractivity contribution < 1.29 is 4.74 Å². The van der Waals surface area contributed by atoms with Gasteiger partial charge in [0, 0.05) is 18.6 Å². The third-order valence-corrected chi connectivity index (χ3v) is 1.36. The number of nitrogens with zero attached hydrogens (tertiary/aromatic N) is 1. The smallest absolute Gasteiger partial charge is 0.190 e. The van der Waals surface area contributed by atoms with E-state index in [2.05, 4.69) is 9.97 Å². The van der Waals surface area contributed by atoms with Crippen LogP contribution in [0.2, 0.25) is 0 Å². The van der Waals surface area contributed by atoms with Crippen molar-refractivity contribution in [2.24, 2.45) is 0 Å². The zero-order chi connectivity index (χ0) is 9.36. The van der Waals surface area contributed by atoms with E-state index in [4.69, 9.17) is 4.74 Å². The number of hydrogen-bond donors (Lipinski definition) is 1. The summed E-state index contributed by atoms with van der Waals surface area (Å²) in [7, 11) is 1.63. The second kappa shape index (κ2) is 5.83. The molecule has 0 radical (unpaired) electrons. The van der Waals surface area contributed by atoms with Gasteiger partial charge in [-0.25, -0.2) is 0 Å². The van der Waals surface area contributed by atoms with Gasteiger partial charge in [-0.15, -0.1) is 0 Å². The number of nitrogens with one attached hydrogen (secondary N) is 1. The van der Waals surface area contributed by atoms with Crippen molar-refractivity contribution in [1.82, 2.24) is 9.97 Å². The largest absolute Gasteiger partial charge is 0.482 e. The van der Waals surface area contributed by atoms with E-state index in [-0.39, 0.29) is 0 Å². The van der Waals surface area contributed by atoms with Gasteiger partial charge >= 0.3 is 0 Å². The molecule has 0 saturated carbocycles. The Bertz CT molecular complexity index is 265. The molecular formula is C10H12N2O. The number of pyridine rings is 1. The van der Waals surface area contributed by atoms with Gasteiger partial charge in [-0.2, -0.15) is 0 Å². The van der Waals surface area contributed by atoms with E-state index in [0.717, 1.165) is 5.88 Å². The molecule has 0 unspecified atom stereocenters. The topological polar surface area (TPSA) is 37.9 Å². The summed E-state index contributed by atoms with van der Waals surface area (Å²) in [6.45, 7) is 0. The Morgan fingerprint density at radius 1 is 1.15 bits per heavy atom. The number of H-pyrrole nitrogens is 1. The van der Waals surface area contributed by atoms with E-state index in [1.807, 2.05) is 36.5 Å². The lowest BCUT2D eigenvalue weighted by molar-refractivity contribution is 0.400. The zero-order valence-corrected chi connectivity index (χ0v) is 7.47. The van der Waals surface area contributed by atoms with Gasteiger partial charge in [-0.1, -0.05) is 6.07 Å². The highest BCUT2D eigenvalue weighted by Crippen LogP contribution is 2.00. The molecule has 0 aromatic carbocycles. The lowest BCUT2D eigenvalue weighted by Crippen LogP contribution is -1.78. The van der Waals surface area contributed by atoms with Crippen LogP contribution in [0.1, 0.15) is 0 Å². The molecule has 13 heavy (non-hydrogen) atoms. The molecule has 3 heteroatoms. The van der Waals surface area contributed by atoms with Gasteiger partial charge in [0.25, 0.3) is 0 Å². The highest BCUT2D eigenvalue weighted by atomic mass is 16.5. The quantitative estimate of drug-likeness (QED) is 0.722. The van der Waals surface area contributed by atoms with E-state index in [9.17, 15) is 0 Å². The maximum Gasteiger partial charge on any atom is 0.190 e. The normalized spacial score (nSPS) is 8.38. The van der Waals surface area contributed by atoms with Crippen LogP contribution in [0.25, 0.3) is 0 Å². The molecule has 0 atom stereocenters. The Hall–Kier alpha value is -1.77. The minimum Gasteiger partial charge on any atom is -0.482 e. The van der Waals surface area contributed by atoms with Crippen LogP contribution in [0.15, 0.2) is 48.9 Å². The van der Waals surface area contributed by atoms with E-state index < -0.39 is 0 Å². The Balaban J connectivity index is 0.000000132. The molecule has 2 heterocycles. The predicted molar refractivity (Wildman–Crippen MR) is 51.6 cm³/mol. The third kappa shape index (κ3) is 3.96. The van der Waals surface area contributed by atoms with E-state index in [1.165, 1.54) is 0 Å². The summed E-state index contributed by atoms with van der Waals surface area (Å²) < 4.78 is 4.80. The Kier molecular flexibility index (Phi) is 4.18. The van der Waals surface area contributed by atoms with Gasteiger partial charge < -0.3 is 9.72 Å². The monoisotopic (exact) mass is 176 g/mol. The average molecular weight is 176 g/mol. The molecule has 2 aromatic heterocycles. The maximum atomic E-state index is 4.80. The molecule has 2 aromatic rings. The van der Waals surface area contributed by atoms with Crippen LogP contribution in [0.5, 0.6) is 5.88 Å². The van der Waals surface area contributed by atoms with Crippen LogP contribution in [-0.2, 0) is 0 Å². The van der Waals surface area contributed by atoms with Crippen LogP contribution >= 0.6 is 0 Å². The van der Waals surface area contributed by atoms with Crippen molar-refractivity contribution >= 4 is 0 Å². The SMILES string of the molecule is COc1ccc[nH]1.c1ccncc1. The Labute approximate surface area is 77.4 Å². The summed E-state index contributed by atoms with van der Waals surface area (Å²) in [5.41, 5.74) is 0. The average Bonchev–Trinajstić information content (AvgIpc) is 2.74. The molecule has 2 rings (SSSR count). The number of rotatable bonds is 1. The molecule has 0 fully saturated rings. The second-order valence-corrected chi connectivity index (χ2v) is 2.26. The molecule has 0 aliphatic rings. The predicted octanol–water partition coefficient (Wildman–Crippen LogP) is 2.10. The van der Waals surface area contributed by atoms with Crippen molar-refractivity contribution in [2.75, 3.05) is 7.11 Å². The fraction of sp³-hybridized carbons (Fsp3) is 0.100. The van der Waals surface area contributed by atoms with Crippen molar-refractivity contribution in [3.05, 3.63) is 48.9 Å². The standard InChI is InChI=1S/C5H7NO.C5H5N/c1-7-5-3-2-4-6-5;1-2-4-6-5-3-1/h2-4,6H,1H3;1-5H. The van der Waals surface area contributed by atoms with Gasteiger partial charge in [0.15, 0.2) is 5.88 Å². The summed E-state index contributed by atoms with van der Waals surface area (Å²) in [6.07, 6.45) is 5.32. The van der Waals surface area contributed by atoms with Crippen molar-refractivity contribution in [1.29, 1.82) is 0 Å². The van der Waals surface area contributed by atoms with Crippen LogP contribution < -0.4 is 4.74 Å². The molecule has 1 N–H and O–H groups in total. The first-order valence-electron chi connectivity index (χ1n) is 3.96. The van der Waals surface area contributed by atoms with Gasteiger partial charge in [0.1, 0.15) is 0 Å². The van der Waals surface area contributed by atoms with Crippen LogP contribution in [0, 0.1) is 0 Å². The zero-order valence-electron chi connectivity index (χ0n) is 7.47. The molecule has 0 bridgehead atoms. The summed E-state index contributed by atoms with van der Waals surface area (Å²) in [5.74, 6) is 0.806. The molecule has 0 spiro atoms. The fourth-order valence-electron chi connectivity index (χ4n) is 0.753. The van der Waals surface area contributed by atoms with Gasteiger partial charge in [0.2, 0.25) is 0 Å². The Morgan fingerprint density at radius 2 is 1.92 bits per heavy atom. The fourth-order valence-corrected chi connectivity index (χ4v) is 0.753. The Morgan fingerprint density at radius 3 is 2.15 bits per heavy atom. The van der Waals surface area contributed by atoms with Gasteiger partial charge in [-0.3, -0.25) is 4.98 Å². The molecule has 68 valence electrons. The molecule has 0 saturated heterocycles. The summed E-state index contributed by atoms with van der Waals surface area (Å²) in [5, 5.41) is 0. The van der Waals surface area contributed by atoms with Crippen molar-refractivity contribution in [3.8, 4) is 5.88 Å². The highest BCUT2D eigenvalue weighted by Gasteiger charge is 1.81. The highest BCUT2D eigenvalue weighted by molar-refractivity contribution is 5.08. The third-order valence-electron chi connectivity index (χ3n) is 1.36. The van der Waals surface area contributed by atoms with Crippen LogP contribution in [-0.4, -0.2) is 17.1 Å². The first kappa shape index (κ1) is 9.32. The van der Waals surface area contributed by atoms with E-state index in [0.29, 0.717) is 0 Å². The number of methoxy groups -OCH3 is 1. The van der Waals surface area contributed by atoms with E-state index in [1.54, 1.807) is 19.5 Å². The maximum absolute atomic E-state index is 4.80. The van der Waals surface area contributed by atoms with Crippen molar-refractivity contribution in [2.45, 2.75) is 0 Å². The number of hydrogen-bond acceptors (Lipinski definition) is 2. The minimum absolute atomic E-state index is 0.806. The summed E-state index contributed by atoms with van der Waals surface area (Å²) >= 11 is 0. The first-order valence-corrected chi connectivity index (χ1v) is 3.96. The lowest BCUT2D eigenvalue weighted by Gasteiger charge is -1.87. The molecule has 0 aliphatic carbocycles. The molecule has 3 nitrogen and oxygen atoms in total. The number of aromatic amines is 1. The lowest BCUT2D eigenvalue weighted by atomic mass is 10.5. The molecule has 0 amide bonds. The summed E-state index contributed by atoms with van der Waals surface area (Å²) in [6, 6.07) is 9.46. The van der Waals surface area contributed by atoms with Crippen LogP contribution in [0.4, 0.5) is 0 Å². The molecular weight excluding hydrogens is 164 g/mol. The van der Waals surface area contributed by atoms with Crippen molar-refractivity contribution in [3.63, 3.8) is 0 Å². The second-order valence-electron chi connectivity index (χ2n) is 2.26. The van der Waals surface area contributed by atoms with Crippen LogP contribution in [0.3, 0.4) is 0 Å². The van der Waals surface area contributed by atoms with Gasteiger partial charge in [0.05, 0.1) is 7.11 Å². The van der Waals surface area contributed by atoms with Gasteiger partial charge in [-0.05, 0) is 24.3 Å². The number of aromatic nitrogens is 2. The first-order chi connectivity index (χ1) is 6.43. The number of ether oxygens (including phenoxy) is 1.